The second-order valence-electron chi connectivity index (χ2n) is 2.46. The van der Waals surface area contributed by atoms with E-state index < -0.39 is 0 Å². The van der Waals surface area contributed by atoms with Gasteiger partial charge in [0, 0.05) is 0 Å². The van der Waals surface area contributed by atoms with Gasteiger partial charge < -0.3 is 5.11 Å². The minimum Gasteiger partial charge on any atom is -0.506 e. The van der Waals surface area contributed by atoms with E-state index in [1.807, 2.05) is 13.0 Å². The molecule has 0 aromatic heterocycles. The van der Waals surface area contributed by atoms with Crippen molar-refractivity contribution >= 4 is 45.2 Å². The quantitative estimate of drug-likeness (QED) is 0.692. The van der Waals surface area contributed by atoms with Crippen molar-refractivity contribution in [3.63, 3.8) is 0 Å². The summed E-state index contributed by atoms with van der Waals surface area (Å²) in [5.74, 6) is 0.411. The Morgan fingerprint density at radius 3 is 2.36 bits per heavy atom. The first kappa shape index (κ1) is 9.57. The zero-order chi connectivity index (χ0) is 8.59. The Hall–Kier alpha value is 0.480. The average molecular weight is 374 g/mol. The van der Waals surface area contributed by atoms with Gasteiger partial charge in [-0.3, -0.25) is 0 Å². The molecule has 0 radical (unpaired) electrons. The van der Waals surface area contributed by atoms with Crippen LogP contribution in [0.1, 0.15) is 11.1 Å². The van der Waals surface area contributed by atoms with E-state index in [1.54, 1.807) is 0 Å². The Kier molecular flexibility index (Phi) is 3.02. The van der Waals surface area contributed by atoms with Crippen molar-refractivity contribution in [2.24, 2.45) is 0 Å². The molecule has 0 fully saturated rings. The van der Waals surface area contributed by atoms with Crippen molar-refractivity contribution in [2.75, 3.05) is 0 Å². The number of aromatic hydroxyl groups is 1. The minimum absolute atomic E-state index is 0.411. The topological polar surface area (TPSA) is 20.2 Å². The number of hydrogen-bond acceptors (Lipinski definition) is 1. The van der Waals surface area contributed by atoms with Gasteiger partial charge >= 0.3 is 0 Å². The Balaban J connectivity index is 3.46. The largest absolute Gasteiger partial charge is 0.506 e. The van der Waals surface area contributed by atoms with Gasteiger partial charge in [-0.15, -0.1) is 0 Å². The van der Waals surface area contributed by atoms with Gasteiger partial charge in [-0.1, -0.05) is 0 Å². The SMILES string of the molecule is Cc1cc(I)c(O)c(I)c1C. The van der Waals surface area contributed by atoms with Gasteiger partial charge in [-0.05, 0) is 76.2 Å². The maximum Gasteiger partial charge on any atom is 0.142 e. The second-order valence-corrected chi connectivity index (χ2v) is 4.70. The van der Waals surface area contributed by atoms with Crippen LogP contribution in [0.3, 0.4) is 0 Å². The monoisotopic (exact) mass is 374 g/mol. The fraction of sp³-hybridized carbons (Fsp3) is 0.250. The van der Waals surface area contributed by atoms with Crippen molar-refractivity contribution in [1.29, 1.82) is 0 Å². The summed E-state index contributed by atoms with van der Waals surface area (Å²) in [4.78, 5) is 0. The van der Waals surface area contributed by atoms with E-state index in [0.717, 1.165) is 7.14 Å². The summed E-state index contributed by atoms with van der Waals surface area (Å²) < 4.78 is 1.89. The van der Waals surface area contributed by atoms with Crippen LogP contribution in [0, 0.1) is 21.0 Å². The van der Waals surface area contributed by atoms with Crippen LogP contribution >= 0.6 is 45.2 Å². The summed E-state index contributed by atoms with van der Waals surface area (Å²) in [6.45, 7) is 4.08. The third-order valence-corrected chi connectivity index (χ3v) is 3.84. The summed E-state index contributed by atoms with van der Waals surface area (Å²) in [7, 11) is 0. The predicted octanol–water partition coefficient (Wildman–Crippen LogP) is 3.22. The molecule has 0 bridgehead atoms. The van der Waals surface area contributed by atoms with Gasteiger partial charge in [-0.25, -0.2) is 0 Å². The molecule has 0 heterocycles. The molecule has 60 valence electrons. The van der Waals surface area contributed by atoms with Crippen LogP contribution in [-0.4, -0.2) is 5.11 Å². The highest BCUT2D eigenvalue weighted by molar-refractivity contribution is 14.1. The van der Waals surface area contributed by atoms with E-state index in [9.17, 15) is 5.11 Å². The zero-order valence-corrected chi connectivity index (χ0v) is 10.6. The molecule has 0 unspecified atom stereocenters. The van der Waals surface area contributed by atoms with Crippen LogP contribution in [-0.2, 0) is 0 Å². The van der Waals surface area contributed by atoms with Crippen LogP contribution in [0.5, 0.6) is 5.75 Å². The normalized spacial score (nSPS) is 10.2. The molecular formula is C8H8I2O. The second kappa shape index (κ2) is 3.47. The number of hydrogen-bond donors (Lipinski definition) is 1. The van der Waals surface area contributed by atoms with Crippen LogP contribution in [0.25, 0.3) is 0 Å². The molecule has 0 aliphatic carbocycles. The lowest BCUT2D eigenvalue weighted by molar-refractivity contribution is 0.467. The van der Waals surface area contributed by atoms with Crippen molar-refractivity contribution in [1.82, 2.24) is 0 Å². The van der Waals surface area contributed by atoms with Gasteiger partial charge in [0.15, 0.2) is 0 Å². The lowest BCUT2D eigenvalue weighted by atomic mass is 10.1. The van der Waals surface area contributed by atoms with E-state index in [2.05, 4.69) is 52.1 Å². The van der Waals surface area contributed by atoms with Crippen LogP contribution in [0.4, 0.5) is 0 Å². The Labute approximate surface area is 93.5 Å². The standard InChI is InChI=1S/C8H8I2O/c1-4-3-6(9)8(11)7(10)5(4)2/h3,11H,1-2H3. The molecular weight excluding hydrogens is 366 g/mol. The van der Waals surface area contributed by atoms with Crippen molar-refractivity contribution in [3.05, 3.63) is 24.3 Å². The number of phenols is 1. The van der Waals surface area contributed by atoms with E-state index in [0.29, 0.717) is 5.75 Å². The number of benzene rings is 1. The minimum atomic E-state index is 0.411. The summed E-state index contributed by atoms with van der Waals surface area (Å²) in [6.07, 6.45) is 0. The fourth-order valence-corrected chi connectivity index (χ4v) is 2.79. The zero-order valence-electron chi connectivity index (χ0n) is 6.28. The van der Waals surface area contributed by atoms with Crippen LogP contribution in [0.2, 0.25) is 0 Å². The number of phenolic OH excluding ortho intramolecular Hbond substituents is 1. The van der Waals surface area contributed by atoms with Gasteiger partial charge in [0.2, 0.25) is 0 Å². The number of aryl methyl sites for hydroxylation is 1. The summed E-state index contributed by atoms with van der Waals surface area (Å²) in [6, 6.07) is 1.99. The van der Waals surface area contributed by atoms with E-state index in [1.165, 1.54) is 11.1 Å². The van der Waals surface area contributed by atoms with Crippen LogP contribution < -0.4 is 0 Å². The maximum atomic E-state index is 9.50. The Morgan fingerprint density at radius 1 is 1.27 bits per heavy atom. The first-order valence-electron chi connectivity index (χ1n) is 3.18. The van der Waals surface area contributed by atoms with E-state index in [4.69, 9.17) is 0 Å². The third kappa shape index (κ3) is 1.80. The molecule has 1 aromatic carbocycles. The molecule has 0 saturated carbocycles. The molecule has 1 nitrogen and oxygen atoms in total. The Bertz CT molecular complexity index is 268. The molecule has 0 spiro atoms. The molecule has 3 heteroatoms. The highest BCUT2D eigenvalue weighted by Crippen LogP contribution is 2.30. The lowest BCUT2D eigenvalue weighted by Gasteiger charge is -2.06. The molecule has 0 atom stereocenters. The lowest BCUT2D eigenvalue weighted by Crippen LogP contribution is -1.89. The number of halogens is 2. The molecule has 1 aromatic rings. The fourth-order valence-electron chi connectivity index (χ4n) is 0.822. The molecule has 0 saturated heterocycles. The van der Waals surface area contributed by atoms with Gasteiger partial charge in [0.25, 0.3) is 0 Å². The highest BCUT2D eigenvalue weighted by Gasteiger charge is 2.07. The molecule has 1 N–H and O–H groups in total. The van der Waals surface area contributed by atoms with Crippen LogP contribution in [0.15, 0.2) is 6.07 Å². The van der Waals surface area contributed by atoms with Gasteiger partial charge in [0.05, 0.1) is 7.14 Å². The highest BCUT2D eigenvalue weighted by atomic mass is 127. The first-order valence-corrected chi connectivity index (χ1v) is 5.34. The van der Waals surface area contributed by atoms with Crippen molar-refractivity contribution in [2.45, 2.75) is 13.8 Å². The smallest absolute Gasteiger partial charge is 0.142 e. The molecule has 0 amide bonds. The summed E-state index contributed by atoms with van der Waals surface area (Å²) in [5, 5.41) is 9.50. The molecule has 11 heavy (non-hydrogen) atoms. The first-order chi connectivity index (χ1) is 5.04. The molecule has 0 aliphatic rings. The Morgan fingerprint density at radius 2 is 1.82 bits per heavy atom. The predicted molar refractivity (Wildman–Crippen MR) is 63.0 cm³/mol. The summed E-state index contributed by atoms with van der Waals surface area (Å²) >= 11 is 4.30. The third-order valence-electron chi connectivity index (χ3n) is 1.70. The average Bonchev–Trinajstić information content (AvgIpc) is 1.97. The maximum absolute atomic E-state index is 9.50. The number of rotatable bonds is 0. The molecule has 1 rings (SSSR count). The van der Waals surface area contributed by atoms with Gasteiger partial charge in [0.1, 0.15) is 5.75 Å². The van der Waals surface area contributed by atoms with E-state index in [-0.39, 0.29) is 0 Å². The van der Waals surface area contributed by atoms with Crippen molar-refractivity contribution < 1.29 is 5.11 Å². The molecule has 0 aliphatic heterocycles. The van der Waals surface area contributed by atoms with Crippen molar-refractivity contribution in [3.8, 4) is 5.75 Å². The summed E-state index contributed by atoms with van der Waals surface area (Å²) in [5.41, 5.74) is 2.40. The van der Waals surface area contributed by atoms with Gasteiger partial charge in [-0.2, -0.15) is 0 Å². The van der Waals surface area contributed by atoms with E-state index >= 15 is 0 Å².